The summed E-state index contributed by atoms with van der Waals surface area (Å²) in [5.74, 6) is 0. The predicted octanol–water partition coefficient (Wildman–Crippen LogP) is -0.0189. The van der Waals surface area contributed by atoms with Crippen LogP contribution in [0.3, 0.4) is 0 Å². The normalized spacial score (nSPS) is 12.2. The summed E-state index contributed by atoms with van der Waals surface area (Å²) in [6.07, 6.45) is 2.04. The molecule has 0 saturated heterocycles. The molecule has 2 nitrogen and oxygen atoms in total. The topological polar surface area (TPSA) is 17.8 Å². The molecule has 4 rings (SSSR count). The van der Waals surface area contributed by atoms with Crippen molar-refractivity contribution < 1.29 is 21.2 Å². The Morgan fingerprint density at radius 2 is 1.61 bits per heavy atom. The summed E-state index contributed by atoms with van der Waals surface area (Å²) in [5, 5.41) is 4.55. The van der Waals surface area contributed by atoms with Crippen molar-refractivity contribution in [2.75, 3.05) is 0 Å². The average molecular weight is 345 g/mol. The van der Waals surface area contributed by atoms with Crippen molar-refractivity contribution in [2.24, 2.45) is 0 Å². The summed E-state index contributed by atoms with van der Waals surface area (Å²) in [6, 6.07) is 19.1. The van der Waals surface area contributed by atoms with E-state index in [1.165, 1.54) is 18.4 Å². The van der Waals surface area contributed by atoms with Crippen LogP contribution in [-0.2, 0) is 0 Å². The zero-order chi connectivity index (χ0) is 11.9. The van der Waals surface area contributed by atoms with Gasteiger partial charge in [0, 0.05) is 0 Å². The number of aromatic nitrogens is 2. The smallest absolute Gasteiger partial charge is 0.228 e. The highest BCUT2D eigenvalue weighted by atomic mass is 127. The minimum Gasteiger partial charge on any atom is -0.228 e. The lowest BCUT2D eigenvalue weighted by Crippen LogP contribution is -3.61. The fourth-order valence-electron chi connectivity index (χ4n) is 2.25. The van der Waals surface area contributed by atoms with Gasteiger partial charge in [0.15, 0.2) is 0 Å². The summed E-state index contributed by atoms with van der Waals surface area (Å²) in [4.78, 5) is 0. The number of rotatable bonds is 1. The second-order valence-electron chi connectivity index (χ2n) is 4.16. The molecule has 2 aromatic carbocycles. The first-order chi connectivity index (χ1) is 8.93. The molecule has 0 fully saturated rings. The van der Waals surface area contributed by atoms with E-state index < -0.39 is 0 Å². The van der Waals surface area contributed by atoms with Crippen molar-refractivity contribution in [3.8, 4) is 16.9 Å². The number of hydrogen-bond donors (Lipinski definition) is 0. The van der Waals surface area contributed by atoms with Gasteiger partial charge in [-0.1, -0.05) is 30.3 Å². The number of benzene rings is 2. The Morgan fingerprint density at radius 1 is 0.833 bits per heavy atom. The Morgan fingerprint density at radius 3 is 2.50 bits per heavy atom. The van der Waals surface area contributed by atoms with Crippen LogP contribution in [0, 0.1) is 7.14 Å². The first-order valence-corrected chi connectivity index (χ1v) is 7.97. The van der Waals surface area contributed by atoms with Gasteiger partial charge in [-0.05, 0) is 24.3 Å². The van der Waals surface area contributed by atoms with Gasteiger partial charge >= 0.3 is 21.2 Å². The molecule has 86 valence electrons. The van der Waals surface area contributed by atoms with Gasteiger partial charge in [-0.2, -0.15) is 5.10 Å². The van der Waals surface area contributed by atoms with E-state index in [2.05, 4.69) is 58.3 Å². The van der Waals surface area contributed by atoms with Crippen LogP contribution >= 0.6 is 0 Å². The van der Waals surface area contributed by atoms with Gasteiger partial charge in [0.2, 0.25) is 7.14 Å². The fourth-order valence-corrected chi connectivity index (χ4v) is 5.03. The molecule has 1 aromatic heterocycles. The Balaban J connectivity index is 1.97. The lowest BCUT2D eigenvalue weighted by molar-refractivity contribution is -0.589. The zero-order valence-electron chi connectivity index (χ0n) is 9.55. The maximum atomic E-state index is 4.55. The highest BCUT2D eigenvalue weighted by Gasteiger charge is 2.37. The molecule has 0 unspecified atom stereocenters. The molecule has 0 saturated carbocycles. The van der Waals surface area contributed by atoms with E-state index >= 15 is 0 Å². The summed E-state index contributed by atoms with van der Waals surface area (Å²) in [7, 11) is 0. The van der Waals surface area contributed by atoms with Crippen LogP contribution in [0.15, 0.2) is 60.8 Å². The van der Waals surface area contributed by atoms with Crippen LogP contribution in [0.5, 0.6) is 0 Å². The summed E-state index contributed by atoms with van der Waals surface area (Å²) in [5.41, 5.74) is 3.80. The van der Waals surface area contributed by atoms with Gasteiger partial charge in [0.1, 0.15) is 11.9 Å². The molecule has 2 heterocycles. The highest BCUT2D eigenvalue weighted by molar-refractivity contribution is 5.63. The van der Waals surface area contributed by atoms with Crippen molar-refractivity contribution in [3.63, 3.8) is 0 Å². The van der Waals surface area contributed by atoms with E-state index in [9.17, 15) is 0 Å². The highest BCUT2D eigenvalue weighted by Crippen LogP contribution is 2.24. The first kappa shape index (κ1) is 10.3. The Kier molecular flexibility index (Phi) is 2.26. The minimum absolute atomic E-state index is 0.0517. The molecule has 0 bridgehead atoms. The van der Waals surface area contributed by atoms with Gasteiger partial charge < -0.3 is 0 Å². The maximum absolute atomic E-state index is 4.55. The van der Waals surface area contributed by atoms with Gasteiger partial charge in [0.25, 0.3) is 0 Å². The van der Waals surface area contributed by atoms with Crippen LogP contribution in [-0.4, -0.2) is 9.78 Å². The van der Waals surface area contributed by atoms with Crippen LogP contribution < -0.4 is 21.2 Å². The Hall–Kier alpha value is -1.62. The molecular weight excluding hydrogens is 335 g/mol. The molecule has 1 aliphatic heterocycles. The van der Waals surface area contributed by atoms with Crippen molar-refractivity contribution in [1.29, 1.82) is 0 Å². The molecule has 0 radical (unpaired) electrons. The van der Waals surface area contributed by atoms with Gasteiger partial charge in [0.05, 0.1) is 11.3 Å². The van der Waals surface area contributed by atoms with Crippen molar-refractivity contribution in [2.45, 2.75) is 0 Å². The standard InChI is InChI=1S/C15H10IN2/c1-2-6-11(7-3-1)18-15-12-8-4-5-9-13(12)16-14(15)10-17-18/h1-10H/q+1. The largest absolute Gasteiger partial charge is 0.362 e. The van der Waals surface area contributed by atoms with Crippen LogP contribution in [0.2, 0.25) is 0 Å². The van der Waals surface area contributed by atoms with Gasteiger partial charge in [-0.3, -0.25) is 0 Å². The third kappa shape index (κ3) is 1.43. The van der Waals surface area contributed by atoms with Crippen LogP contribution in [0.4, 0.5) is 0 Å². The molecule has 0 N–H and O–H groups in total. The van der Waals surface area contributed by atoms with Crippen LogP contribution in [0.1, 0.15) is 0 Å². The number of halogens is 1. The van der Waals surface area contributed by atoms with E-state index in [1.807, 2.05) is 12.3 Å². The maximum Gasteiger partial charge on any atom is 0.362 e. The second kappa shape index (κ2) is 3.95. The van der Waals surface area contributed by atoms with Gasteiger partial charge in [-0.15, -0.1) is 0 Å². The molecule has 1 aliphatic rings. The summed E-state index contributed by atoms with van der Waals surface area (Å²) < 4.78 is 5.01. The quantitative estimate of drug-likeness (QED) is 0.444. The van der Waals surface area contributed by atoms with E-state index in [0.29, 0.717) is 0 Å². The van der Waals surface area contributed by atoms with Crippen molar-refractivity contribution in [1.82, 2.24) is 9.78 Å². The molecule has 3 aromatic rings. The summed E-state index contributed by atoms with van der Waals surface area (Å²) in [6.45, 7) is 0. The minimum atomic E-state index is -0.0517. The predicted molar refractivity (Wildman–Crippen MR) is 66.4 cm³/mol. The average Bonchev–Trinajstić information content (AvgIpc) is 2.98. The molecule has 0 aliphatic carbocycles. The molecule has 18 heavy (non-hydrogen) atoms. The number of nitrogens with zero attached hydrogens (tertiary/aromatic N) is 2. The van der Waals surface area contributed by atoms with Crippen molar-refractivity contribution in [3.05, 3.63) is 67.9 Å². The number of hydrogen-bond acceptors (Lipinski definition) is 1. The Bertz CT molecular complexity index is 716. The van der Waals surface area contributed by atoms with Crippen LogP contribution in [0.25, 0.3) is 16.9 Å². The number of fused-ring (bicyclic) bond motifs is 3. The van der Waals surface area contributed by atoms with E-state index in [0.717, 1.165) is 5.69 Å². The molecular formula is C15H10IN2+. The first-order valence-electron chi connectivity index (χ1n) is 5.81. The molecule has 0 atom stereocenters. The third-order valence-corrected chi connectivity index (χ3v) is 5.95. The van der Waals surface area contributed by atoms with E-state index in [-0.39, 0.29) is 21.2 Å². The Labute approximate surface area is 116 Å². The lowest BCUT2D eigenvalue weighted by atomic mass is 10.1. The zero-order valence-corrected chi connectivity index (χ0v) is 11.7. The SMILES string of the molecule is c1ccc(-n2ncc3c2-c2ccccc2[I+]3)cc1. The monoisotopic (exact) mass is 345 g/mol. The number of para-hydroxylation sites is 1. The second-order valence-corrected chi connectivity index (χ2v) is 7.03. The van der Waals surface area contributed by atoms with E-state index in [1.54, 1.807) is 0 Å². The third-order valence-electron chi connectivity index (χ3n) is 3.06. The molecule has 3 heteroatoms. The van der Waals surface area contributed by atoms with Gasteiger partial charge in [-0.25, -0.2) is 4.68 Å². The summed E-state index contributed by atoms with van der Waals surface area (Å²) >= 11 is -0.0517. The van der Waals surface area contributed by atoms with E-state index in [4.69, 9.17) is 0 Å². The molecule has 0 spiro atoms. The van der Waals surface area contributed by atoms with Crippen molar-refractivity contribution >= 4 is 0 Å². The molecule has 0 amide bonds. The fraction of sp³-hybridized carbons (Fsp3) is 0. The lowest BCUT2D eigenvalue weighted by Gasteiger charge is -2.04.